The summed E-state index contributed by atoms with van der Waals surface area (Å²) in [6.45, 7) is 4.21. The van der Waals surface area contributed by atoms with Crippen molar-refractivity contribution in [2.75, 3.05) is 38.2 Å². The molecule has 5 rings (SSSR count). The number of hydrogen-bond donors (Lipinski definition) is 3. The van der Waals surface area contributed by atoms with Crippen LogP contribution >= 0.6 is 11.9 Å². The summed E-state index contributed by atoms with van der Waals surface area (Å²) in [5.74, 6) is 1.19. The van der Waals surface area contributed by atoms with E-state index in [2.05, 4.69) is 66.8 Å². The van der Waals surface area contributed by atoms with Crippen molar-refractivity contribution in [1.82, 2.24) is 34.4 Å². The van der Waals surface area contributed by atoms with E-state index in [1.807, 2.05) is 22.6 Å². The van der Waals surface area contributed by atoms with E-state index in [4.69, 9.17) is 5.73 Å². The number of anilines is 1. The standard InChI is InChI=1S/C27H36N8S/c1-36-35-15-11-24(33-35)23-18-34(27-25(23)26(28)31-19-32-27)22-9-8-21(16-22)17-30-13-5-12-29-14-10-20-6-3-2-4-7-20/h2-4,6-7,11,15,18-19,21-22,29-30H,5,8-10,12-14,16-17H2,1H3,(H2,28,31,32)/t21-,22+/m1/s1. The van der Waals surface area contributed by atoms with Crippen LogP contribution in [0.4, 0.5) is 5.82 Å². The summed E-state index contributed by atoms with van der Waals surface area (Å²) in [6.07, 6.45) is 13.5. The zero-order valence-corrected chi connectivity index (χ0v) is 21.8. The van der Waals surface area contributed by atoms with Gasteiger partial charge in [-0.2, -0.15) is 5.10 Å². The normalized spacial score (nSPS) is 17.8. The van der Waals surface area contributed by atoms with Gasteiger partial charge < -0.3 is 20.9 Å². The molecule has 0 unspecified atom stereocenters. The molecule has 36 heavy (non-hydrogen) atoms. The summed E-state index contributed by atoms with van der Waals surface area (Å²) in [6, 6.07) is 13.1. The van der Waals surface area contributed by atoms with Crippen molar-refractivity contribution in [3.8, 4) is 11.3 Å². The third-order valence-corrected chi connectivity index (χ3v) is 7.73. The molecule has 2 atom stereocenters. The Hall–Kier alpha value is -2.88. The second-order valence-corrected chi connectivity index (χ2v) is 10.3. The van der Waals surface area contributed by atoms with E-state index < -0.39 is 0 Å². The van der Waals surface area contributed by atoms with E-state index in [0.29, 0.717) is 17.8 Å². The summed E-state index contributed by atoms with van der Waals surface area (Å²) < 4.78 is 4.17. The van der Waals surface area contributed by atoms with Crippen molar-refractivity contribution in [2.24, 2.45) is 5.92 Å². The van der Waals surface area contributed by atoms with Crippen molar-refractivity contribution in [1.29, 1.82) is 0 Å². The minimum absolute atomic E-state index is 0.421. The van der Waals surface area contributed by atoms with Crippen LogP contribution in [0.25, 0.3) is 22.3 Å². The van der Waals surface area contributed by atoms with Crippen molar-refractivity contribution in [3.05, 3.63) is 60.7 Å². The molecule has 0 spiro atoms. The third-order valence-electron chi connectivity index (χ3n) is 7.15. The molecule has 4 aromatic rings. The Kier molecular flexibility index (Phi) is 8.20. The van der Waals surface area contributed by atoms with Crippen molar-refractivity contribution in [3.63, 3.8) is 0 Å². The number of benzene rings is 1. The Bertz CT molecular complexity index is 1250. The molecule has 1 saturated carbocycles. The summed E-state index contributed by atoms with van der Waals surface area (Å²) in [7, 11) is 0. The first kappa shape index (κ1) is 24.8. The number of nitrogens with zero attached hydrogens (tertiary/aromatic N) is 5. The maximum Gasteiger partial charge on any atom is 0.146 e. The predicted molar refractivity (Wildman–Crippen MR) is 149 cm³/mol. The van der Waals surface area contributed by atoms with Crippen LogP contribution in [-0.4, -0.2) is 56.2 Å². The smallest absolute Gasteiger partial charge is 0.146 e. The fraction of sp³-hybridized carbons (Fsp3) is 0.444. The number of aromatic nitrogens is 5. The minimum atomic E-state index is 0.421. The lowest BCUT2D eigenvalue weighted by atomic mass is 10.1. The molecule has 0 radical (unpaired) electrons. The first-order valence-corrected chi connectivity index (χ1v) is 14.1. The van der Waals surface area contributed by atoms with E-state index in [-0.39, 0.29) is 0 Å². The van der Waals surface area contributed by atoms with Gasteiger partial charge in [0.1, 0.15) is 17.8 Å². The van der Waals surface area contributed by atoms with Gasteiger partial charge in [-0.1, -0.05) is 30.3 Å². The van der Waals surface area contributed by atoms with Crippen LogP contribution in [0.5, 0.6) is 0 Å². The van der Waals surface area contributed by atoms with Gasteiger partial charge in [-0.25, -0.2) is 14.1 Å². The van der Waals surface area contributed by atoms with Gasteiger partial charge in [-0.15, -0.1) is 0 Å². The van der Waals surface area contributed by atoms with Gasteiger partial charge in [0, 0.05) is 30.3 Å². The lowest BCUT2D eigenvalue weighted by Crippen LogP contribution is -2.26. The summed E-state index contributed by atoms with van der Waals surface area (Å²) >= 11 is 1.57. The quantitative estimate of drug-likeness (QED) is 0.249. The zero-order chi connectivity index (χ0) is 24.7. The molecule has 190 valence electrons. The van der Waals surface area contributed by atoms with Gasteiger partial charge in [-0.05, 0) is 87.8 Å². The molecule has 8 nitrogen and oxygen atoms in total. The third kappa shape index (κ3) is 5.74. The second kappa shape index (κ2) is 11.9. The summed E-state index contributed by atoms with van der Waals surface area (Å²) in [4.78, 5) is 8.89. The maximum absolute atomic E-state index is 6.31. The zero-order valence-electron chi connectivity index (χ0n) is 20.9. The van der Waals surface area contributed by atoms with Gasteiger partial charge in [0.15, 0.2) is 0 Å². The van der Waals surface area contributed by atoms with E-state index in [1.54, 1.807) is 18.3 Å². The molecule has 1 fully saturated rings. The van der Waals surface area contributed by atoms with Crippen LogP contribution in [0, 0.1) is 5.92 Å². The SMILES string of the molecule is CSn1ccc(-c2cn([C@H]3CC[C@@H](CNCCCNCCc4ccccc4)C3)c3ncnc(N)c23)n1. The molecule has 0 bridgehead atoms. The van der Waals surface area contributed by atoms with Crippen molar-refractivity contribution >= 4 is 28.8 Å². The van der Waals surface area contributed by atoms with E-state index in [0.717, 1.165) is 74.2 Å². The molecule has 3 aromatic heterocycles. The first-order chi connectivity index (χ1) is 17.7. The molecule has 1 aliphatic carbocycles. The fourth-order valence-corrected chi connectivity index (χ4v) is 5.62. The maximum atomic E-state index is 6.31. The van der Waals surface area contributed by atoms with Gasteiger partial charge in [0.2, 0.25) is 0 Å². The van der Waals surface area contributed by atoms with Crippen molar-refractivity contribution < 1.29 is 0 Å². The molecular formula is C27H36N8S. The Morgan fingerprint density at radius 3 is 2.75 bits per heavy atom. The Morgan fingerprint density at radius 2 is 1.92 bits per heavy atom. The number of nitrogen functional groups attached to an aromatic ring is 1. The highest BCUT2D eigenvalue weighted by Gasteiger charge is 2.28. The van der Waals surface area contributed by atoms with E-state index in [9.17, 15) is 0 Å². The average molecular weight is 505 g/mol. The average Bonchev–Trinajstić information content (AvgIpc) is 3.65. The molecule has 9 heteroatoms. The predicted octanol–water partition coefficient (Wildman–Crippen LogP) is 4.16. The van der Waals surface area contributed by atoms with Crippen LogP contribution in [-0.2, 0) is 6.42 Å². The topological polar surface area (TPSA) is 98.6 Å². The summed E-state index contributed by atoms with van der Waals surface area (Å²) in [5, 5.41) is 12.8. The van der Waals surface area contributed by atoms with Gasteiger partial charge in [-0.3, -0.25) is 0 Å². The van der Waals surface area contributed by atoms with Crippen LogP contribution in [0.1, 0.15) is 37.3 Å². The van der Waals surface area contributed by atoms with Crippen molar-refractivity contribution in [2.45, 2.75) is 38.1 Å². The largest absolute Gasteiger partial charge is 0.383 e. The monoisotopic (exact) mass is 504 g/mol. The first-order valence-electron chi connectivity index (χ1n) is 12.9. The molecule has 0 saturated heterocycles. The van der Waals surface area contributed by atoms with Gasteiger partial charge in [0.25, 0.3) is 0 Å². The highest BCUT2D eigenvalue weighted by Crippen LogP contribution is 2.40. The minimum Gasteiger partial charge on any atom is -0.383 e. The number of nitrogens with one attached hydrogen (secondary N) is 2. The molecule has 0 aliphatic heterocycles. The van der Waals surface area contributed by atoms with Gasteiger partial charge in [0.05, 0.1) is 11.1 Å². The lowest BCUT2D eigenvalue weighted by molar-refractivity contribution is 0.452. The highest BCUT2D eigenvalue weighted by atomic mass is 32.2. The van der Waals surface area contributed by atoms with Crippen LogP contribution in [0.2, 0.25) is 0 Å². The highest BCUT2D eigenvalue weighted by molar-refractivity contribution is 7.97. The number of rotatable bonds is 12. The molecule has 3 heterocycles. The molecular weight excluding hydrogens is 468 g/mol. The second-order valence-electron chi connectivity index (χ2n) is 9.57. The van der Waals surface area contributed by atoms with Crippen LogP contribution < -0.4 is 16.4 Å². The van der Waals surface area contributed by atoms with E-state index >= 15 is 0 Å². The van der Waals surface area contributed by atoms with Gasteiger partial charge >= 0.3 is 0 Å². The van der Waals surface area contributed by atoms with E-state index in [1.165, 1.54) is 12.0 Å². The molecule has 1 aliphatic rings. The molecule has 4 N–H and O–H groups in total. The number of fused-ring (bicyclic) bond motifs is 1. The Labute approximate surface area is 217 Å². The number of nitrogens with two attached hydrogens (primary N) is 1. The summed E-state index contributed by atoms with van der Waals surface area (Å²) in [5.41, 5.74) is 10.5. The molecule has 0 amide bonds. The Balaban J connectivity index is 1.11. The fourth-order valence-electron chi connectivity index (χ4n) is 5.27. The lowest BCUT2D eigenvalue weighted by Gasteiger charge is -2.15. The number of hydrogen-bond acceptors (Lipinski definition) is 7. The van der Waals surface area contributed by atoms with Crippen LogP contribution in [0.15, 0.2) is 55.1 Å². The Morgan fingerprint density at radius 1 is 1.06 bits per heavy atom. The van der Waals surface area contributed by atoms with Crippen LogP contribution in [0.3, 0.4) is 0 Å². The molecule has 1 aromatic carbocycles.